The summed E-state index contributed by atoms with van der Waals surface area (Å²) in [5, 5.41) is 0. The minimum Gasteiger partial charge on any atom is -0.462 e. The Morgan fingerprint density at radius 2 is 0.494 bits per heavy atom. The fraction of sp³-hybridized carbons (Fsp3) is 0.649. The van der Waals surface area contributed by atoms with Gasteiger partial charge in [0.1, 0.15) is 13.2 Å². The second kappa shape index (κ2) is 69.8. The lowest BCUT2D eigenvalue weighted by atomic mass is 10.0. The molecule has 0 aromatic carbocycles. The Morgan fingerprint density at radius 3 is 0.819 bits per heavy atom. The number of esters is 3. The number of ether oxygens (including phenoxy) is 3. The molecule has 0 heterocycles. The molecule has 0 rings (SSSR count). The van der Waals surface area contributed by atoms with Crippen LogP contribution in [0.1, 0.15) is 303 Å². The van der Waals surface area contributed by atoms with Gasteiger partial charge in [-0.1, -0.05) is 301 Å². The molecule has 0 aromatic heterocycles. The Labute approximate surface area is 512 Å². The lowest BCUT2D eigenvalue weighted by Crippen LogP contribution is -2.30. The second-order valence-electron chi connectivity index (χ2n) is 22.3. The van der Waals surface area contributed by atoms with Crippen LogP contribution >= 0.6 is 0 Å². The normalized spacial score (nSPS) is 13.0. The summed E-state index contributed by atoms with van der Waals surface area (Å²) in [7, 11) is 0. The van der Waals surface area contributed by atoms with Gasteiger partial charge in [-0.3, -0.25) is 14.4 Å². The van der Waals surface area contributed by atoms with Crippen LogP contribution in [-0.4, -0.2) is 37.2 Å². The summed E-state index contributed by atoms with van der Waals surface area (Å²) in [4.78, 5) is 38.4. The molecule has 0 aliphatic rings. The van der Waals surface area contributed by atoms with E-state index in [-0.39, 0.29) is 44.0 Å². The molecule has 1 atom stereocenters. The number of rotatable bonds is 61. The van der Waals surface area contributed by atoms with Gasteiger partial charge < -0.3 is 14.2 Å². The second-order valence-corrected chi connectivity index (χ2v) is 22.3. The van der Waals surface area contributed by atoms with Crippen LogP contribution in [0.4, 0.5) is 0 Å². The molecule has 0 aromatic rings. The van der Waals surface area contributed by atoms with E-state index in [0.717, 1.165) is 128 Å². The van der Waals surface area contributed by atoms with E-state index in [1.165, 1.54) is 128 Å². The van der Waals surface area contributed by atoms with Gasteiger partial charge in [0.2, 0.25) is 0 Å². The zero-order valence-corrected chi connectivity index (χ0v) is 53.9. The maximum atomic E-state index is 12.9. The van der Waals surface area contributed by atoms with Crippen molar-refractivity contribution < 1.29 is 28.6 Å². The average Bonchev–Trinajstić information content (AvgIpc) is 3.49. The molecule has 0 aliphatic heterocycles. The van der Waals surface area contributed by atoms with Gasteiger partial charge >= 0.3 is 17.9 Å². The predicted octanol–water partition coefficient (Wildman–Crippen LogP) is 23.9. The summed E-state index contributed by atoms with van der Waals surface area (Å²) < 4.78 is 16.9. The van der Waals surface area contributed by atoms with E-state index in [1.807, 2.05) is 6.08 Å². The van der Waals surface area contributed by atoms with Crippen LogP contribution in [0.25, 0.3) is 0 Å². The highest BCUT2D eigenvalue weighted by Gasteiger charge is 2.19. The first-order chi connectivity index (χ1) is 41.0. The maximum absolute atomic E-state index is 12.9. The number of carbonyl (C=O) groups is 3. The third-order valence-electron chi connectivity index (χ3n) is 14.3. The fourth-order valence-corrected chi connectivity index (χ4v) is 9.26. The van der Waals surface area contributed by atoms with Crippen LogP contribution in [-0.2, 0) is 28.6 Å². The highest BCUT2D eigenvalue weighted by atomic mass is 16.6. The van der Waals surface area contributed by atoms with Gasteiger partial charge in [0.25, 0.3) is 0 Å². The van der Waals surface area contributed by atoms with Gasteiger partial charge in [-0.05, 0) is 128 Å². The number of carbonyl (C=O) groups excluding carboxylic acids is 3. The first-order valence-electron chi connectivity index (χ1n) is 34.3. The SMILES string of the molecule is CC/C=C\C/C=C\C/C=C\C/C=C\C/C=C\C/C=C\CCC(=O)OCC(COC(=O)CCCCCCCCCCCCCCC/C=C\CCCCCCCCCC)OC(=O)CCCCCCC/C=C\C/C=C\C/C=C\C/C=C\C/C=C\CC. The molecule has 6 nitrogen and oxygen atoms in total. The smallest absolute Gasteiger partial charge is 0.306 e. The predicted molar refractivity (Wildman–Crippen MR) is 362 cm³/mol. The van der Waals surface area contributed by atoms with Crippen LogP contribution in [0.15, 0.2) is 146 Å². The maximum Gasteiger partial charge on any atom is 0.306 e. The van der Waals surface area contributed by atoms with E-state index in [9.17, 15) is 14.4 Å². The minimum atomic E-state index is -0.828. The third-order valence-corrected chi connectivity index (χ3v) is 14.3. The van der Waals surface area contributed by atoms with Gasteiger partial charge in [-0.25, -0.2) is 0 Å². The van der Waals surface area contributed by atoms with E-state index in [1.54, 1.807) is 0 Å². The number of allylic oxidation sites excluding steroid dienone is 24. The quantitative estimate of drug-likeness (QED) is 0.0261. The van der Waals surface area contributed by atoms with E-state index in [0.29, 0.717) is 12.8 Å². The fourth-order valence-electron chi connectivity index (χ4n) is 9.26. The van der Waals surface area contributed by atoms with Crippen LogP contribution in [0.5, 0.6) is 0 Å². The molecule has 0 amide bonds. The van der Waals surface area contributed by atoms with Crippen molar-refractivity contribution in [2.24, 2.45) is 0 Å². The molecule has 1 unspecified atom stereocenters. The largest absolute Gasteiger partial charge is 0.462 e. The van der Waals surface area contributed by atoms with Crippen LogP contribution in [0.2, 0.25) is 0 Å². The zero-order chi connectivity index (χ0) is 59.9. The molecule has 0 aliphatic carbocycles. The molecule has 0 saturated heterocycles. The summed E-state index contributed by atoms with van der Waals surface area (Å²) >= 11 is 0. The molecule has 83 heavy (non-hydrogen) atoms. The van der Waals surface area contributed by atoms with Gasteiger partial charge in [0, 0.05) is 19.3 Å². The molecule has 0 radical (unpaired) electrons. The van der Waals surface area contributed by atoms with Crippen LogP contribution in [0, 0.1) is 0 Å². The first-order valence-corrected chi connectivity index (χ1v) is 34.3. The third kappa shape index (κ3) is 68.0. The van der Waals surface area contributed by atoms with Crippen molar-refractivity contribution in [1.82, 2.24) is 0 Å². The zero-order valence-electron chi connectivity index (χ0n) is 53.9. The van der Waals surface area contributed by atoms with E-state index >= 15 is 0 Å². The molecular weight excluding hydrogens is 1020 g/mol. The molecule has 0 bridgehead atoms. The Balaban J connectivity index is 4.49. The van der Waals surface area contributed by atoms with E-state index in [4.69, 9.17) is 14.2 Å². The first kappa shape index (κ1) is 78.3. The molecule has 6 heteroatoms. The van der Waals surface area contributed by atoms with Crippen molar-refractivity contribution in [3.63, 3.8) is 0 Å². The molecule has 0 N–H and O–H groups in total. The molecule has 0 spiro atoms. The van der Waals surface area contributed by atoms with E-state index < -0.39 is 6.10 Å². The highest BCUT2D eigenvalue weighted by molar-refractivity contribution is 5.71. The van der Waals surface area contributed by atoms with Crippen molar-refractivity contribution in [2.75, 3.05) is 13.2 Å². The van der Waals surface area contributed by atoms with Crippen molar-refractivity contribution in [3.05, 3.63) is 146 Å². The van der Waals surface area contributed by atoms with Crippen molar-refractivity contribution in [1.29, 1.82) is 0 Å². The average molecular weight is 1150 g/mol. The van der Waals surface area contributed by atoms with Gasteiger partial charge in [0.15, 0.2) is 6.10 Å². The Morgan fingerprint density at radius 1 is 0.253 bits per heavy atom. The van der Waals surface area contributed by atoms with Gasteiger partial charge in [-0.2, -0.15) is 0 Å². The Hall–Kier alpha value is -4.71. The summed E-state index contributed by atoms with van der Waals surface area (Å²) in [5.74, 6) is -1.02. The lowest BCUT2D eigenvalue weighted by Gasteiger charge is -2.18. The van der Waals surface area contributed by atoms with Crippen molar-refractivity contribution >= 4 is 17.9 Å². The topological polar surface area (TPSA) is 78.9 Å². The standard InChI is InChI=1S/C77H126O6/c1-4-7-10-13-16-19-22-25-28-31-34-36-37-38-39-41-43-46-49-52-55-58-61-64-67-70-76(79)82-73-74(72-81-75(78)69-66-63-60-57-54-51-48-45-42-33-30-27-24-21-18-15-12-9-6-3)83-77(80)71-68-65-62-59-56-53-50-47-44-40-35-32-29-26-23-20-17-14-11-8-5-2/h8-9,11-12,17-18,20-21,26-27,29-31,34-35,40,42,45,47,50-51,54,60,63,74H,4-7,10,13-16,19,22-25,28,32-33,36-39,41,43-44,46,48-49,52-53,55-59,61-62,64-73H2,1-3H3/b11-8-,12-9-,20-17-,21-18-,29-26-,30-27-,34-31-,40-35-,45-42-,50-47-,54-51-,63-60-. The molecule has 470 valence electrons. The van der Waals surface area contributed by atoms with Crippen molar-refractivity contribution in [2.45, 2.75) is 309 Å². The van der Waals surface area contributed by atoms with Gasteiger partial charge in [-0.15, -0.1) is 0 Å². The number of unbranched alkanes of at least 4 members (excludes halogenated alkanes) is 26. The van der Waals surface area contributed by atoms with Gasteiger partial charge in [0.05, 0.1) is 0 Å². The van der Waals surface area contributed by atoms with Crippen LogP contribution in [0.3, 0.4) is 0 Å². The molecule has 0 fully saturated rings. The monoisotopic (exact) mass is 1150 g/mol. The lowest BCUT2D eigenvalue weighted by molar-refractivity contribution is -0.166. The van der Waals surface area contributed by atoms with Crippen molar-refractivity contribution in [3.8, 4) is 0 Å². The van der Waals surface area contributed by atoms with Crippen LogP contribution < -0.4 is 0 Å². The summed E-state index contributed by atoms with van der Waals surface area (Å²) in [5.41, 5.74) is 0. The summed E-state index contributed by atoms with van der Waals surface area (Å²) in [6, 6.07) is 0. The Kier molecular flexibility index (Phi) is 65.8. The Bertz CT molecular complexity index is 1800. The summed E-state index contributed by atoms with van der Waals surface area (Å²) in [6.07, 6.45) is 100. The number of hydrogen-bond donors (Lipinski definition) is 0. The minimum absolute atomic E-state index is 0.114. The molecule has 0 saturated carbocycles. The molecular formula is C77H126O6. The highest BCUT2D eigenvalue weighted by Crippen LogP contribution is 2.16. The van der Waals surface area contributed by atoms with E-state index in [2.05, 4.69) is 161 Å². The number of hydrogen-bond acceptors (Lipinski definition) is 6. The summed E-state index contributed by atoms with van der Waals surface area (Å²) in [6.45, 7) is 6.35.